The number of hydrogen-bond donors (Lipinski definition) is 3. The number of rotatable bonds is 6. The van der Waals surface area contributed by atoms with E-state index in [1.807, 2.05) is 0 Å². The van der Waals surface area contributed by atoms with E-state index >= 15 is 0 Å². The molecule has 3 rings (SSSR count). The van der Waals surface area contributed by atoms with Crippen molar-refractivity contribution in [2.45, 2.75) is 26.7 Å². The molecule has 29 heavy (non-hydrogen) atoms. The van der Waals surface area contributed by atoms with E-state index in [1.165, 1.54) is 0 Å². The molecule has 148 valence electrons. The molecule has 0 saturated heterocycles. The van der Waals surface area contributed by atoms with Crippen LogP contribution in [-0.2, 0) is 9.59 Å². The van der Waals surface area contributed by atoms with E-state index in [-0.39, 0.29) is 17.8 Å². The van der Waals surface area contributed by atoms with E-state index in [0.717, 1.165) is 0 Å². The van der Waals surface area contributed by atoms with Gasteiger partial charge in [-0.25, -0.2) is 19.9 Å². The third-order valence-electron chi connectivity index (χ3n) is 3.94. The number of hydrogen-bond acceptors (Lipinski definition) is 7. The predicted molar refractivity (Wildman–Crippen MR) is 111 cm³/mol. The third-order valence-corrected chi connectivity index (χ3v) is 3.94. The Hall–Kier alpha value is -3.88. The van der Waals surface area contributed by atoms with Crippen LogP contribution in [0, 0.1) is 0 Å². The van der Waals surface area contributed by atoms with Crippen molar-refractivity contribution in [3.05, 3.63) is 42.5 Å². The van der Waals surface area contributed by atoms with Crippen LogP contribution in [0.1, 0.15) is 26.7 Å². The van der Waals surface area contributed by atoms with Gasteiger partial charge in [-0.1, -0.05) is 26.0 Å². The summed E-state index contributed by atoms with van der Waals surface area (Å²) in [5, 5.41) is 5.43. The highest BCUT2D eigenvalue weighted by Crippen LogP contribution is 2.24. The van der Waals surface area contributed by atoms with Crippen LogP contribution in [0.25, 0.3) is 22.8 Å². The Morgan fingerprint density at radius 3 is 1.62 bits per heavy atom. The summed E-state index contributed by atoms with van der Waals surface area (Å²) in [5.41, 5.74) is 7.94. The van der Waals surface area contributed by atoms with Gasteiger partial charge in [0, 0.05) is 12.8 Å². The molecule has 2 amide bonds. The van der Waals surface area contributed by atoms with Gasteiger partial charge in [0.1, 0.15) is 11.6 Å². The number of amides is 2. The molecule has 9 nitrogen and oxygen atoms in total. The average molecular weight is 391 g/mol. The number of nitrogens with one attached hydrogen (secondary N) is 2. The van der Waals surface area contributed by atoms with Gasteiger partial charge in [-0.2, -0.15) is 0 Å². The Morgan fingerprint density at radius 2 is 1.21 bits per heavy atom. The van der Waals surface area contributed by atoms with E-state index in [1.54, 1.807) is 56.3 Å². The standard InChI is InChI=1S/C20H21N7O2/c1-3-18(28)26-16-9-5-7-12(22-16)14-11-15(25-20(21)24-14)13-8-6-10-17(23-13)27-19(29)4-2/h5-11H,3-4H2,1-2H3,(H2,21,24,25)(H,22,26,28)(H,23,27,29). The molecule has 0 saturated carbocycles. The van der Waals surface area contributed by atoms with Crippen molar-refractivity contribution < 1.29 is 9.59 Å². The van der Waals surface area contributed by atoms with Crippen LogP contribution in [0.2, 0.25) is 0 Å². The van der Waals surface area contributed by atoms with Gasteiger partial charge in [0.15, 0.2) is 0 Å². The zero-order chi connectivity index (χ0) is 20.8. The fourth-order valence-electron chi connectivity index (χ4n) is 2.48. The molecule has 9 heteroatoms. The highest BCUT2D eigenvalue weighted by molar-refractivity contribution is 5.90. The summed E-state index contributed by atoms with van der Waals surface area (Å²) in [5.74, 6) is 0.651. The van der Waals surface area contributed by atoms with Crippen molar-refractivity contribution in [3.63, 3.8) is 0 Å². The van der Waals surface area contributed by atoms with E-state index in [2.05, 4.69) is 30.6 Å². The van der Waals surface area contributed by atoms with Crippen LogP contribution in [-0.4, -0.2) is 31.8 Å². The number of aromatic nitrogens is 4. The first-order chi connectivity index (χ1) is 14.0. The highest BCUT2D eigenvalue weighted by Gasteiger charge is 2.11. The van der Waals surface area contributed by atoms with Gasteiger partial charge in [0.25, 0.3) is 0 Å². The van der Waals surface area contributed by atoms with Crippen LogP contribution in [0.15, 0.2) is 42.5 Å². The molecule has 0 aromatic carbocycles. The molecule has 0 aliphatic rings. The van der Waals surface area contributed by atoms with Gasteiger partial charge in [0.2, 0.25) is 17.8 Å². The minimum atomic E-state index is -0.132. The van der Waals surface area contributed by atoms with Crippen LogP contribution < -0.4 is 16.4 Å². The first kappa shape index (κ1) is 19.9. The lowest BCUT2D eigenvalue weighted by atomic mass is 10.2. The lowest BCUT2D eigenvalue weighted by Crippen LogP contribution is -2.11. The lowest BCUT2D eigenvalue weighted by Gasteiger charge is -2.09. The fraction of sp³-hybridized carbons (Fsp3) is 0.200. The summed E-state index contributed by atoms with van der Waals surface area (Å²) < 4.78 is 0. The summed E-state index contributed by atoms with van der Waals surface area (Å²) in [6.45, 7) is 3.53. The Morgan fingerprint density at radius 1 is 0.759 bits per heavy atom. The van der Waals surface area contributed by atoms with Crippen molar-refractivity contribution >= 4 is 29.4 Å². The maximum absolute atomic E-state index is 11.6. The second kappa shape index (κ2) is 8.87. The Bertz CT molecular complexity index is 973. The maximum Gasteiger partial charge on any atom is 0.225 e. The second-order valence-electron chi connectivity index (χ2n) is 6.12. The van der Waals surface area contributed by atoms with Gasteiger partial charge < -0.3 is 16.4 Å². The molecule has 3 aromatic heterocycles. The van der Waals surface area contributed by atoms with Crippen LogP contribution in [0.5, 0.6) is 0 Å². The van der Waals surface area contributed by atoms with E-state index in [9.17, 15) is 9.59 Å². The maximum atomic E-state index is 11.6. The minimum absolute atomic E-state index is 0.0621. The molecular weight excluding hydrogens is 370 g/mol. The fourth-order valence-corrected chi connectivity index (χ4v) is 2.48. The molecule has 0 bridgehead atoms. The van der Waals surface area contributed by atoms with Crippen LogP contribution in [0.3, 0.4) is 0 Å². The molecule has 0 spiro atoms. The first-order valence-electron chi connectivity index (χ1n) is 9.17. The first-order valence-corrected chi connectivity index (χ1v) is 9.17. The molecule has 0 atom stereocenters. The molecular formula is C20H21N7O2. The summed E-state index contributed by atoms with van der Waals surface area (Å²) >= 11 is 0. The SMILES string of the molecule is CCC(=O)Nc1cccc(-c2cc(-c3cccc(NC(=O)CC)n3)nc(N)n2)n1. The summed E-state index contributed by atoms with van der Waals surface area (Å²) in [7, 11) is 0. The average Bonchev–Trinajstić information content (AvgIpc) is 2.73. The Labute approximate surface area is 167 Å². The van der Waals surface area contributed by atoms with Gasteiger partial charge >= 0.3 is 0 Å². The quantitative estimate of drug-likeness (QED) is 0.588. The van der Waals surface area contributed by atoms with Crippen molar-refractivity contribution in [1.29, 1.82) is 0 Å². The van der Waals surface area contributed by atoms with Gasteiger partial charge in [0.05, 0.1) is 22.8 Å². The number of carbonyl (C=O) groups excluding carboxylic acids is 2. The molecule has 3 aromatic rings. The minimum Gasteiger partial charge on any atom is -0.368 e. The second-order valence-corrected chi connectivity index (χ2v) is 6.12. The normalized spacial score (nSPS) is 10.4. The smallest absolute Gasteiger partial charge is 0.225 e. The molecule has 0 radical (unpaired) electrons. The molecule has 0 fully saturated rings. The van der Waals surface area contributed by atoms with Gasteiger partial charge in [-0.15, -0.1) is 0 Å². The number of carbonyl (C=O) groups is 2. The number of anilines is 3. The molecule has 4 N–H and O–H groups in total. The van der Waals surface area contributed by atoms with E-state index in [0.29, 0.717) is 47.3 Å². The topological polar surface area (TPSA) is 136 Å². The Balaban J connectivity index is 1.95. The van der Waals surface area contributed by atoms with Crippen molar-refractivity contribution in [2.75, 3.05) is 16.4 Å². The van der Waals surface area contributed by atoms with Crippen LogP contribution >= 0.6 is 0 Å². The largest absolute Gasteiger partial charge is 0.368 e. The number of nitrogen functional groups attached to an aromatic ring is 1. The molecule has 0 unspecified atom stereocenters. The number of nitrogens with two attached hydrogens (primary N) is 1. The van der Waals surface area contributed by atoms with Gasteiger partial charge in [-0.05, 0) is 30.3 Å². The molecule has 0 aliphatic heterocycles. The highest BCUT2D eigenvalue weighted by atomic mass is 16.2. The van der Waals surface area contributed by atoms with Crippen LogP contribution in [0.4, 0.5) is 17.6 Å². The van der Waals surface area contributed by atoms with Gasteiger partial charge in [-0.3, -0.25) is 9.59 Å². The van der Waals surface area contributed by atoms with Crippen molar-refractivity contribution in [1.82, 2.24) is 19.9 Å². The van der Waals surface area contributed by atoms with E-state index in [4.69, 9.17) is 5.73 Å². The molecule has 0 aliphatic carbocycles. The third kappa shape index (κ3) is 5.10. The van der Waals surface area contributed by atoms with E-state index < -0.39 is 0 Å². The summed E-state index contributed by atoms with van der Waals surface area (Å²) in [6, 6.07) is 12.2. The van der Waals surface area contributed by atoms with Crippen molar-refractivity contribution in [3.8, 4) is 22.8 Å². The molecule has 3 heterocycles. The number of pyridine rings is 2. The zero-order valence-electron chi connectivity index (χ0n) is 16.1. The lowest BCUT2D eigenvalue weighted by molar-refractivity contribution is -0.116. The summed E-state index contributed by atoms with van der Waals surface area (Å²) in [6.07, 6.45) is 0.709. The zero-order valence-corrected chi connectivity index (χ0v) is 16.1. The van der Waals surface area contributed by atoms with Crippen molar-refractivity contribution in [2.24, 2.45) is 0 Å². The predicted octanol–water partition coefficient (Wildman–Crippen LogP) is 2.88. The summed E-state index contributed by atoms with van der Waals surface area (Å²) in [4.78, 5) is 40.6. The monoisotopic (exact) mass is 391 g/mol. The number of nitrogens with zero attached hydrogens (tertiary/aromatic N) is 4. The Kier molecular flexibility index (Phi) is 6.08.